The van der Waals surface area contributed by atoms with Gasteiger partial charge < -0.3 is 19.5 Å². The lowest BCUT2D eigenvalue weighted by Gasteiger charge is -2.18. The Morgan fingerprint density at radius 1 is 1.23 bits per heavy atom. The number of carbonyl (C=O) groups is 2. The van der Waals surface area contributed by atoms with Crippen LogP contribution in [0.4, 0.5) is 0 Å². The first-order valence-corrected chi connectivity index (χ1v) is 6.77. The van der Waals surface area contributed by atoms with Crippen LogP contribution in [0.25, 0.3) is 0 Å². The largest absolute Gasteiger partial charge is 0.493 e. The van der Waals surface area contributed by atoms with Gasteiger partial charge in [-0.05, 0) is 24.1 Å². The van der Waals surface area contributed by atoms with Crippen LogP contribution in [-0.4, -0.2) is 33.2 Å². The van der Waals surface area contributed by atoms with Crippen LogP contribution in [0.15, 0.2) is 30.9 Å². The van der Waals surface area contributed by atoms with E-state index in [0.717, 1.165) is 0 Å². The second-order valence-corrected chi connectivity index (χ2v) is 4.47. The first-order chi connectivity index (χ1) is 10.6. The molecule has 0 spiro atoms. The number of allylic oxidation sites excluding steroid dienone is 1. The van der Waals surface area contributed by atoms with Crippen LogP contribution in [0.5, 0.6) is 11.5 Å². The number of hydrogen-bond donors (Lipinski definition) is 1. The molecule has 0 heterocycles. The lowest BCUT2D eigenvalue weighted by molar-refractivity contribution is -0.145. The van der Waals surface area contributed by atoms with Gasteiger partial charge in [0, 0.05) is 6.42 Å². The third-order valence-electron chi connectivity index (χ3n) is 3.06. The van der Waals surface area contributed by atoms with E-state index >= 15 is 0 Å². The summed E-state index contributed by atoms with van der Waals surface area (Å²) in [4.78, 5) is 23.8. The summed E-state index contributed by atoms with van der Waals surface area (Å²) in [7, 11) is 4.29. The van der Waals surface area contributed by atoms with Crippen LogP contribution >= 0.6 is 0 Å². The molecule has 1 rings (SSSR count). The van der Waals surface area contributed by atoms with Crippen molar-refractivity contribution in [3.8, 4) is 11.5 Å². The van der Waals surface area contributed by atoms with Gasteiger partial charge in [0.05, 0.1) is 21.3 Å². The topological polar surface area (TPSA) is 73.9 Å². The summed E-state index contributed by atoms with van der Waals surface area (Å²) in [6, 6.07) is 4.08. The van der Waals surface area contributed by atoms with Gasteiger partial charge in [0.1, 0.15) is 0 Å². The van der Waals surface area contributed by atoms with Gasteiger partial charge in [-0.2, -0.15) is 0 Å². The Morgan fingerprint density at radius 2 is 1.91 bits per heavy atom. The van der Waals surface area contributed by atoms with Crippen molar-refractivity contribution >= 4 is 11.9 Å². The molecule has 1 amide bonds. The molecule has 22 heavy (non-hydrogen) atoms. The zero-order valence-corrected chi connectivity index (χ0v) is 13.0. The van der Waals surface area contributed by atoms with E-state index in [4.69, 9.17) is 14.2 Å². The first-order valence-electron chi connectivity index (χ1n) is 6.77. The van der Waals surface area contributed by atoms with Crippen LogP contribution in [0.2, 0.25) is 0 Å². The molecule has 0 aliphatic carbocycles. The Hall–Kier alpha value is -2.50. The predicted molar refractivity (Wildman–Crippen MR) is 81.9 cm³/mol. The maximum absolute atomic E-state index is 11.9. The highest BCUT2D eigenvalue weighted by Crippen LogP contribution is 2.30. The molecule has 6 nitrogen and oxygen atoms in total. The Balaban J connectivity index is 3.03. The Kier molecular flexibility index (Phi) is 6.95. The monoisotopic (exact) mass is 307 g/mol. The molecule has 1 aromatic rings. The number of benzene rings is 1. The lowest BCUT2D eigenvalue weighted by atomic mass is 10.1. The number of carbonyl (C=O) groups excluding carboxylic acids is 2. The molecular weight excluding hydrogens is 286 g/mol. The van der Waals surface area contributed by atoms with Crippen molar-refractivity contribution < 1.29 is 23.8 Å². The molecule has 1 atom stereocenters. The highest BCUT2D eigenvalue weighted by atomic mass is 16.5. The van der Waals surface area contributed by atoms with Crippen molar-refractivity contribution in [1.82, 2.24) is 5.32 Å². The van der Waals surface area contributed by atoms with E-state index in [0.29, 0.717) is 23.5 Å². The van der Waals surface area contributed by atoms with E-state index in [1.807, 2.05) is 0 Å². The summed E-state index contributed by atoms with van der Waals surface area (Å²) in [5, 5.41) is 2.65. The zero-order valence-electron chi connectivity index (χ0n) is 13.0. The fraction of sp³-hybridized carbons (Fsp3) is 0.375. The van der Waals surface area contributed by atoms with E-state index in [9.17, 15) is 9.59 Å². The molecule has 6 heteroatoms. The molecule has 1 unspecified atom stereocenters. The summed E-state index contributed by atoms with van der Waals surface area (Å²) < 4.78 is 15.1. The van der Waals surface area contributed by atoms with E-state index in [1.54, 1.807) is 24.3 Å². The van der Waals surface area contributed by atoms with Crippen molar-refractivity contribution in [1.29, 1.82) is 0 Å². The first kappa shape index (κ1) is 17.6. The standard InChI is InChI=1S/C16H21NO5/c1-5-6-7-14(18)17-15(16(19)22-4)11-8-9-12(20-2)13(10-11)21-3/h5,8-10,15H,1,6-7H2,2-4H3,(H,17,18). The summed E-state index contributed by atoms with van der Waals surface area (Å²) in [6.45, 7) is 3.56. The minimum atomic E-state index is -0.901. The van der Waals surface area contributed by atoms with E-state index in [1.165, 1.54) is 21.3 Å². The van der Waals surface area contributed by atoms with E-state index in [2.05, 4.69) is 11.9 Å². The van der Waals surface area contributed by atoms with E-state index < -0.39 is 12.0 Å². The van der Waals surface area contributed by atoms with Crippen LogP contribution in [0, 0.1) is 0 Å². The second-order valence-electron chi connectivity index (χ2n) is 4.47. The van der Waals surface area contributed by atoms with Gasteiger partial charge in [-0.1, -0.05) is 12.1 Å². The Labute approximate surface area is 130 Å². The molecule has 0 fully saturated rings. The van der Waals surface area contributed by atoms with Gasteiger partial charge in [0.15, 0.2) is 17.5 Å². The maximum atomic E-state index is 11.9. The smallest absolute Gasteiger partial charge is 0.333 e. The van der Waals surface area contributed by atoms with Crippen LogP contribution in [0.3, 0.4) is 0 Å². The van der Waals surface area contributed by atoms with Crippen molar-refractivity contribution in [2.75, 3.05) is 21.3 Å². The number of esters is 1. The molecule has 120 valence electrons. The lowest BCUT2D eigenvalue weighted by Crippen LogP contribution is -2.34. The number of rotatable bonds is 8. The summed E-state index contributed by atoms with van der Waals surface area (Å²) in [5.41, 5.74) is 0.552. The van der Waals surface area contributed by atoms with Crippen molar-refractivity contribution in [2.24, 2.45) is 0 Å². The predicted octanol–water partition coefficient (Wildman–Crippen LogP) is 2.00. The fourth-order valence-electron chi connectivity index (χ4n) is 1.89. The molecule has 0 radical (unpaired) electrons. The van der Waals surface area contributed by atoms with Gasteiger partial charge in [-0.15, -0.1) is 6.58 Å². The molecule has 0 aliphatic rings. The number of hydrogen-bond acceptors (Lipinski definition) is 5. The molecule has 0 aromatic heterocycles. The average molecular weight is 307 g/mol. The van der Waals surface area contributed by atoms with Gasteiger partial charge in [-0.25, -0.2) is 4.79 Å². The van der Waals surface area contributed by atoms with E-state index in [-0.39, 0.29) is 12.3 Å². The third-order valence-corrected chi connectivity index (χ3v) is 3.06. The molecule has 0 bridgehead atoms. The average Bonchev–Trinajstić information content (AvgIpc) is 2.56. The van der Waals surface area contributed by atoms with Crippen LogP contribution < -0.4 is 14.8 Å². The zero-order chi connectivity index (χ0) is 16.5. The maximum Gasteiger partial charge on any atom is 0.333 e. The minimum absolute atomic E-state index is 0.254. The van der Waals surface area contributed by atoms with Gasteiger partial charge in [0.2, 0.25) is 5.91 Å². The number of methoxy groups -OCH3 is 3. The second kappa shape index (κ2) is 8.71. The van der Waals surface area contributed by atoms with Crippen molar-refractivity contribution in [2.45, 2.75) is 18.9 Å². The molecule has 1 N–H and O–H groups in total. The Bertz CT molecular complexity index is 541. The number of amides is 1. The Morgan fingerprint density at radius 3 is 2.45 bits per heavy atom. The molecular formula is C16H21NO5. The van der Waals surface area contributed by atoms with Crippen LogP contribution in [-0.2, 0) is 14.3 Å². The highest BCUT2D eigenvalue weighted by molar-refractivity contribution is 5.85. The molecule has 1 aromatic carbocycles. The van der Waals surface area contributed by atoms with Crippen LogP contribution in [0.1, 0.15) is 24.4 Å². The normalized spacial score (nSPS) is 11.2. The third kappa shape index (κ3) is 4.51. The molecule has 0 saturated heterocycles. The van der Waals surface area contributed by atoms with Gasteiger partial charge in [0.25, 0.3) is 0 Å². The summed E-state index contributed by atoms with van der Waals surface area (Å²) in [5.74, 6) is 0.186. The summed E-state index contributed by atoms with van der Waals surface area (Å²) in [6.07, 6.45) is 2.43. The molecule has 0 saturated carbocycles. The van der Waals surface area contributed by atoms with Crippen molar-refractivity contribution in [3.05, 3.63) is 36.4 Å². The number of ether oxygens (including phenoxy) is 3. The quantitative estimate of drug-likeness (QED) is 0.587. The van der Waals surface area contributed by atoms with Gasteiger partial charge >= 0.3 is 5.97 Å². The SMILES string of the molecule is C=CCCC(=O)NC(C(=O)OC)c1ccc(OC)c(OC)c1. The highest BCUT2D eigenvalue weighted by Gasteiger charge is 2.24. The summed E-state index contributed by atoms with van der Waals surface area (Å²) >= 11 is 0. The minimum Gasteiger partial charge on any atom is -0.493 e. The fourth-order valence-corrected chi connectivity index (χ4v) is 1.89. The molecule has 0 aliphatic heterocycles. The number of nitrogens with one attached hydrogen (secondary N) is 1. The van der Waals surface area contributed by atoms with Crippen molar-refractivity contribution in [3.63, 3.8) is 0 Å². The van der Waals surface area contributed by atoms with Gasteiger partial charge in [-0.3, -0.25) is 4.79 Å².